The van der Waals surface area contributed by atoms with Gasteiger partial charge in [-0.25, -0.2) is 15.2 Å². The summed E-state index contributed by atoms with van der Waals surface area (Å²) < 4.78 is 18.8. The van der Waals surface area contributed by atoms with Gasteiger partial charge in [-0.3, -0.25) is 15.5 Å². The third kappa shape index (κ3) is 2.97. The second-order valence-electron chi connectivity index (χ2n) is 3.46. The Kier molecular flexibility index (Phi) is 4.05. The summed E-state index contributed by atoms with van der Waals surface area (Å²) in [6, 6.07) is 3.67. The molecule has 1 heterocycles. The van der Waals surface area contributed by atoms with Crippen molar-refractivity contribution in [2.24, 2.45) is 5.84 Å². The van der Waals surface area contributed by atoms with E-state index in [0.717, 1.165) is 12.3 Å². The average Bonchev–Trinajstić information content (AvgIpc) is 2.42. The first-order valence-electron chi connectivity index (χ1n) is 5.12. The van der Waals surface area contributed by atoms with Crippen LogP contribution in [0, 0.1) is 15.9 Å². The van der Waals surface area contributed by atoms with Crippen LogP contribution in [-0.2, 0) is 0 Å². The molecule has 0 aliphatic carbocycles. The van der Waals surface area contributed by atoms with Crippen LogP contribution in [0.5, 0.6) is 11.6 Å². The number of nitrogen functional groups attached to an aromatic ring is 1. The van der Waals surface area contributed by atoms with Crippen molar-refractivity contribution in [3.63, 3.8) is 0 Å². The quantitative estimate of drug-likeness (QED) is 0.497. The summed E-state index contributed by atoms with van der Waals surface area (Å²) in [6.45, 7) is 0. The van der Waals surface area contributed by atoms with Gasteiger partial charge >= 0.3 is 11.6 Å². The molecule has 2 rings (SSSR count). The molecule has 0 bridgehead atoms. The summed E-state index contributed by atoms with van der Waals surface area (Å²) in [5, 5.41) is 10.9. The van der Waals surface area contributed by atoms with Crippen molar-refractivity contribution in [1.82, 2.24) is 9.97 Å². The summed E-state index contributed by atoms with van der Waals surface area (Å²) in [7, 11) is 0. The maximum Gasteiger partial charge on any atom is 0.349 e. The Bertz CT molecular complexity index is 669. The zero-order valence-corrected chi connectivity index (χ0v) is 11.3. The van der Waals surface area contributed by atoms with Gasteiger partial charge in [-0.15, -0.1) is 0 Å². The SMILES string of the molecule is NNc1ncc([N+](=O)[O-])c(Oc2cc(F)ccc2Br)n1. The van der Waals surface area contributed by atoms with E-state index in [1.807, 2.05) is 0 Å². The fourth-order valence-corrected chi connectivity index (χ4v) is 1.62. The standard InChI is InChI=1S/C10H7BrFN5O3/c11-6-2-1-5(12)3-8(6)20-9-7(17(18)19)4-14-10(15-9)16-13/h1-4H,13H2,(H,14,15,16). The Morgan fingerprint density at radius 2 is 2.25 bits per heavy atom. The number of aromatic nitrogens is 2. The van der Waals surface area contributed by atoms with Gasteiger partial charge in [-0.05, 0) is 28.1 Å². The summed E-state index contributed by atoms with van der Waals surface area (Å²) >= 11 is 3.14. The van der Waals surface area contributed by atoms with Crippen molar-refractivity contribution >= 4 is 27.6 Å². The van der Waals surface area contributed by atoms with Crippen molar-refractivity contribution < 1.29 is 14.1 Å². The van der Waals surface area contributed by atoms with Gasteiger partial charge in [0.25, 0.3) is 0 Å². The van der Waals surface area contributed by atoms with Crippen LogP contribution < -0.4 is 16.0 Å². The molecule has 8 nitrogen and oxygen atoms in total. The molecule has 10 heteroatoms. The van der Waals surface area contributed by atoms with Crippen LogP contribution in [0.15, 0.2) is 28.9 Å². The number of nitro groups is 1. The lowest BCUT2D eigenvalue weighted by Gasteiger charge is -2.08. The third-order valence-corrected chi connectivity index (χ3v) is 2.82. The third-order valence-electron chi connectivity index (χ3n) is 2.16. The Morgan fingerprint density at radius 1 is 1.50 bits per heavy atom. The predicted octanol–water partition coefficient (Wildman–Crippen LogP) is 2.36. The number of rotatable bonds is 4. The number of benzene rings is 1. The fourth-order valence-electron chi connectivity index (χ4n) is 1.29. The first-order valence-corrected chi connectivity index (χ1v) is 5.91. The molecule has 0 saturated carbocycles. The zero-order chi connectivity index (χ0) is 14.7. The van der Waals surface area contributed by atoms with E-state index < -0.39 is 16.4 Å². The monoisotopic (exact) mass is 343 g/mol. The molecular weight excluding hydrogens is 337 g/mol. The zero-order valence-electron chi connectivity index (χ0n) is 9.71. The number of ether oxygens (including phenoxy) is 1. The molecule has 0 saturated heterocycles. The molecule has 2 aromatic rings. The van der Waals surface area contributed by atoms with Crippen molar-refractivity contribution in [2.45, 2.75) is 0 Å². The smallest absolute Gasteiger partial charge is 0.349 e. The van der Waals surface area contributed by atoms with Crippen molar-refractivity contribution in [3.05, 3.63) is 44.8 Å². The molecule has 0 aliphatic rings. The molecule has 3 N–H and O–H groups in total. The van der Waals surface area contributed by atoms with E-state index in [4.69, 9.17) is 10.6 Å². The first kappa shape index (κ1) is 14.1. The Labute approximate surface area is 120 Å². The number of hydrazine groups is 1. The Balaban J connectivity index is 2.45. The van der Waals surface area contributed by atoms with E-state index in [-0.39, 0.29) is 17.6 Å². The summed E-state index contributed by atoms with van der Waals surface area (Å²) in [5.41, 5.74) is 1.66. The van der Waals surface area contributed by atoms with Crippen molar-refractivity contribution in [1.29, 1.82) is 0 Å². The van der Waals surface area contributed by atoms with E-state index in [1.165, 1.54) is 12.1 Å². The number of nitrogens with zero attached hydrogens (tertiary/aromatic N) is 3. The lowest BCUT2D eigenvalue weighted by molar-refractivity contribution is -0.386. The number of nitrogens with two attached hydrogens (primary N) is 1. The molecule has 20 heavy (non-hydrogen) atoms. The summed E-state index contributed by atoms with van der Waals surface area (Å²) in [4.78, 5) is 17.5. The minimum atomic E-state index is -0.719. The normalized spacial score (nSPS) is 10.2. The minimum absolute atomic E-state index is 0.0368. The van der Waals surface area contributed by atoms with Crippen LogP contribution in [0.2, 0.25) is 0 Å². The van der Waals surface area contributed by atoms with Gasteiger partial charge in [0.05, 0.1) is 9.40 Å². The van der Waals surface area contributed by atoms with E-state index in [1.54, 1.807) is 0 Å². The molecule has 0 unspecified atom stereocenters. The maximum absolute atomic E-state index is 13.2. The molecule has 0 fully saturated rings. The highest BCUT2D eigenvalue weighted by molar-refractivity contribution is 9.10. The summed E-state index contributed by atoms with van der Waals surface area (Å²) in [6.07, 6.45) is 0.935. The second kappa shape index (κ2) is 5.75. The van der Waals surface area contributed by atoms with Crippen molar-refractivity contribution in [3.8, 4) is 11.6 Å². The lowest BCUT2D eigenvalue weighted by Crippen LogP contribution is -2.11. The largest absolute Gasteiger partial charge is 0.432 e. The minimum Gasteiger partial charge on any atom is -0.432 e. The number of hydrogen-bond acceptors (Lipinski definition) is 7. The number of halogens is 2. The van der Waals surface area contributed by atoms with Crippen LogP contribution >= 0.6 is 15.9 Å². The highest BCUT2D eigenvalue weighted by atomic mass is 79.9. The second-order valence-corrected chi connectivity index (χ2v) is 4.32. The highest BCUT2D eigenvalue weighted by Crippen LogP contribution is 2.34. The maximum atomic E-state index is 13.2. The molecule has 0 spiro atoms. The molecule has 1 aromatic heterocycles. The van der Waals surface area contributed by atoms with E-state index in [2.05, 4.69) is 31.3 Å². The van der Waals surface area contributed by atoms with Gasteiger partial charge in [0.15, 0.2) is 0 Å². The van der Waals surface area contributed by atoms with Gasteiger partial charge in [0.2, 0.25) is 5.95 Å². The summed E-state index contributed by atoms with van der Waals surface area (Å²) in [5.74, 6) is 4.17. The van der Waals surface area contributed by atoms with E-state index >= 15 is 0 Å². The first-order chi connectivity index (χ1) is 9.51. The fraction of sp³-hybridized carbons (Fsp3) is 0. The van der Waals surface area contributed by atoms with Crippen LogP contribution in [-0.4, -0.2) is 14.9 Å². The van der Waals surface area contributed by atoms with Crippen LogP contribution in [0.3, 0.4) is 0 Å². The molecule has 104 valence electrons. The average molecular weight is 344 g/mol. The van der Waals surface area contributed by atoms with Gasteiger partial charge in [0.1, 0.15) is 17.8 Å². The molecule has 0 radical (unpaired) electrons. The van der Waals surface area contributed by atoms with Crippen molar-refractivity contribution in [2.75, 3.05) is 5.43 Å². The highest BCUT2D eigenvalue weighted by Gasteiger charge is 2.20. The molecule has 0 aliphatic heterocycles. The molecular formula is C10H7BrFN5O3. The van der Waals surface area contributed by atoms with Crippen LogP contribution in [0.4, 0.5) is 16.0 Å². The van der Waals surface area contributed by atoms with Gasteiger partial charge < -0.3 is 4.74 Å². The van der Waals surface area contributed by atoms with Crippen LogP contribution in [0.1, 0.15) is 0 Å². The number of nitrogens with one attached hydrogen (secondary N) is 1. The predicted molar refractivity (Wildman–Crippen MR) is 70.7 cm³/mol. The lowest BCUT2D eigenvalue weighted by atomic mass is 10.3. The molecule has 0 amide bonds. The Hall–Kier alpha value is -2.33. The molecule has 1 aromatic carbocycles. The Morgan fingerprint density at radius 3 is 2.90 bits per heavy atom. The number of hydrogen-bond donors (Lipinski definition) is 2. The van der Waals surface area contributed by atoms with E-state index in [0.29, 0.717) is 4.47 Å². The topological polar surface area (TPSA) is 116 Å². The van der Waals surface area contributed by atoms with Gasteiger partial charge in [-0.1, -0.05) is 0 Å². The van der Waals surface area contributed by atoms with Gasteiger partial charge in [-0.2, -0.15) is 4.98 Å². The number of anilines is 1. The van der Waals surface area contributed by atoms with E-state index in [9.17, 15) is 14.5 Å². The van der Waals surface area contributed by atoms with Crippen LogP contribution in [0.25, 0.3) is 0 Å². The molecule has 0 atom stereocenters. The van der Waals surface area contributed by atoms with Gasteiger partial charge in [0, 0.05) is 6.07 Å².